The van der Waals surface area contributed by atoms with E-state index in [1.165, 1.54) is 13.1 Å². The van der Waals surface area contributed by atoms with Crippen LogP contribution in [-0.2, 0) is 0 Å². The maximum absolute atomic E-state index is 13.0. The van der Waals surface area contributed by atoms with E-state index < -0.39 is 22.9 Å². The predicted molar refractivity (Wildman–Crippen MR) is 56.8 cm³/mol. The van der Waals surface area contributed by atoms with Crippen LogP contribution in [0.5, 0.6) is 5.88 Å². The second-order valence-electron chi connectivity index (χ2n) is 3.40. The van der Waals surface area contributed by atoms with Crippen LogP contribution in [0.15, 0.2) is 28.0 Å². The molecule has 0 unspecified atom stereocenters. The molecule has 0 fully saturated rings. The summed E-state index contributed by atoms with van der Waals surface area (Å²) in [6, 6.07) is 1.02. The predicted octanol–water partition coefficient (Wildman–Crippen LogP) is 0.0739. The molecule has 0 aliphatic carbocycles. The first-order valence-corrected chi connectivity index (χ1v) is 4.66. The fraction of sp³-hybridized carbons (Fsp3) is 0.100. The lowest BCUT2D eigenvalue weighted by atomic mass is 10.3. The molecule has 88 valence electrons. The van der Waals surface area contributed by atoms with Crippen molar-refractivity contribution in [2.24, 2.45) is 0 Å². The van der Waals surface area contributed by atoms with Gasteiger partial charge in [0.1, 0.15) is 5.82 Å². The Bertz CT molecular complexity index is 690. The lowest BCUT2D eigenvalue weighted by molar-refractivity contribution is 0.425. The molecule has 0 bridgehead atoms. The smallest absolute Gasteiger partial charge is 0.335 e. The zero-order chi connectivity index (χ0) is 12.6. The van der Waals surface area contributed by atoms with Crippen LogP contribution >= 0.6 is 0 Å². The summed E-state index contributed by atoms with van der Waals surface area (Å²) in [6.07, 6.45) is 2.16. The van der Waals surface area contributed by atoms with Gasteiger partial charge in [-0.15, -0.1) is 0 Å². The van der Waals surface area contributed by atoms with Crippen LogP contribution in [0, 0.1) is 12.7 Å². The Morgan fingerprint density at radius 2 is 2.12 bits per heavy atom. The molecule has 0 amide bonds. The Labute approximate surface area is 94.0 Å². The van der Waals surface area contributed by atoms with Gasteiger partial charge in [0.25, 0.3) is 5.56 Å². The molecule has 2 rings (SSSR count). The summed E-state index contributed by atoms with van der Waals surface area (Å²) in [5.41, 5.74) is -1.54. The number of pyridine rings is 1. The topological polar surface area (TPSA) is 88.0 Å². The maximum Gasteiger partial charge on any atom is 0.335 e. The van der Waals surface area contributed by atoms with E-state index in [9.17, 15) is 19.1 Å². The van der Waals surface area contributed by atoms with Gasteiger partial charge in [-0.25, -0.2) is 13.8 Å². The van der Waals surface area contributed by atoms with Gasteiger partial charge < -0.3 is 5.11 Å². The fourth-order valence-electron chi connectivity index (χ4n) is 1.37. The van der Waals surface area contributed by atoms with Gasteiger partial charge in [0.05, 0.1) is 23.6 Å². The molecule has 2 heterocycles. The van der Waals surface area contributed by atoms with Gasteiger partial charge in [-0.05, 0) is 6.92 Å². The van der Waals surface area contributed by atoms with Crippen molar-refractivity contribution in [3.8, 4) is 11.6 Å². The normalized spacial score (nSPS) is 10.5. The molecule has 0 aliphatic heterocycles. The molecule has 2 aromatic rings. The molecule has 7 heteroatoms. The number of rotatable bonds is 1. The van der Waals surface area contributed by atoms with Crippen molar-refractivity contribution >= 4 is 0 Å². The number of halogens is 1. The summed E-state index contributed by atoms with van der Waals surface area (Å²) in [5.74, 6) is -1.19. The highest BCUT2D eigenvalue weighted by molar-refractivity contribution is 5.35. The zero-order valence-corrected chi connectivity index (χ0v) is 8.77. The van der Waals surface area contributed by atoms with Gasteiger partial charge in [0.15, 0.2) is 0 Å². The minimum atomic E-state index is -0.856. The van der Waals surface area contributed by atoms with Crippen LogP contribution < -0.4 is 11.2 Å². The van der Waals surface area contributed by atoms with Crippen molar-refractivity contribution in [1.82, 2.24) is 14.5 Å². The van der Waals surface area contributed by atoms with Gasteiger partial charge >= 0.3 is 5.69 Å². The number of H-pyrrole nitrogens is 1. The van der Waals surface area contributed by atoms with E-state index in [0.717, 1.165) is 16.8 Å². The van der Waals surface area contributed by atoms with Crippen molar-refractivity contribution in [2.75, 3.05) is 0 Å². The van der Waals surface area contributed by atoms with E-state index in [4.69, 9.17) is 0 Å². The van der Waals surface area contributed by atoms with Crippen LogP contribution in [0.1, 0.15) is 5.56 Å². The first kappa shape index (κ1) is 11.1. The highest BCUT2D eigenvalue weighted by Crippen LogP contribution is 2.14. The van der Waals surface area contributed by atoms with E-state index in [1.54, 1.807) is 0 Å². The summed E-state index contributed by atoms with van der Waals surface area (Å²) in [6.45, 7) is 1.34. The van der Waals surface area contributed by atoms with Gasteiger partial charge in [0, 0.05) is 6.07 Å². The van der Waals surface area contributed by atoms with Crippen molar-refractivity contribution in [3.63, 3.8) is 0 Å². The van der Waals surface area contributed by atoms with Crippen molar-refractivity contribution in [3.05, 3.63) is 50.7 Å². The van der Waals surface area contributed by atoms with Crippen LogP contribution in [0.25, 0.3) is 5.69 Å². The molecule has 0 aliphatic rings. The monoisotopic (exact) mass is 237 g/mol. The molecule has 17 heavy (non-hydrogen) atoms. The SMILES string of the molecule is Cc1c(O)n(-c2cncc(F)c2)c(=O)[nH]c1=O. The summed E-state index contributed by atoms with van der Waals surface area (Å²) in [5, 5.41) is 9.70. The molecule has 0 atom stereocenters. The second kappa shape index (κ2) is 3.85. The molecule has 6 nitrogen and oxygen atoms in total. The number of nitrogens with one attached hydrogen (secondary N) is 1. The van der Waals surface area contributed by atoms with Gasteiger partial charge in [-0.1, -0.05) is 0 Å². The maximum atomic E-state index is 13.0. The number of aromatic nitrogens is 3. The highest BCUT2D eigenvalue weighted by atomic mass is 19.1. The third-order valence-electron chi connectivity index (χ3n) is 2.26. The minimum Gasteiger partial charge on any atom is -0.494 e. The van der Waals surface area contributed by atoms with E-state index in [1.807, 2.05) is 4.98 Å². The first-order valence-electron chi connectivity index (χ1n) is 4.66. The van der Waals surface area contributed by atoms with E-state index in [-0.39, 0.29) is 11.3 Å². The van der Waals surface area contributed by atoms with Crippen molar-refractivity contribution in [1.29, 1.82) is 0 Å². The zero-order valence-electron chi connectivity index (χ0n) is 8.77. The van der Waals surface area contributed by atoms with Crippen molar-refractivity contribution < 1.29 is 9.50 Å². The molecule has 0 aromatic carbocycles. The van der Waals surface area contributed by atoms with Crippen LogP contribution in [-0.4, -0.2) is 19.6 Å². The van der Waals surface area contributed by atoms with E-state index in [0.29, 0.717) is 0 Å². The standard InChI is InChI=1S/C10H8FN3O3/c1-5-8(15)13-10(17)14(9(5)16)7-2-6(11)3-12-4-7/h2-4,16H,1H3,(H,13,15,17). The molecule has 0 spiro atoms. The summed E-state index contributed by atoms with van der Waals surface area (Å²) >= 11 is 0. The molecule has 2 N–H and O–H groups in total. The number of hydrogen-bond donors (Lipinski definition) is 2. The summed E-state index contributed by atoms with van der Waals surface area (Å²) < 4.78 is 13.7. The lowest BCUT2D eigenvalue weighted by Crippen LogP contribution is -2.30. The van der Waals surface area contributed by atoms with Crippen molar-refractivity contribution in [2.45, 2.75) is 6.92 Å². The quantitative estimate of drug-likeness (QED) is 0.734. The van der Waals surface area contributed by atoms with Crippen LogP contribution in [0.2, 0.25) is 0 Å². The van der Waals surface area contributed by atoms with E-state index >= 15 is 0 Å². The Hall–Kier alpha value is -2.44. The lowest BCUT2D eigenvalue weighted by Gasteiger charge is -2.08. The molecule has 2 aromatic heterocycles. The molecular weight excluding hydrogens is 229 g/mol. The second-order valence-corrected chi connectivity index (χ2v) is 3.40. The summed E-state index contributed by atoms with van der Waals surface area (Å²) in [4.78, 5) is 28.3. The third-order valence-corrected chi connectivity index (χ3v) is 2.26. The van der Waals surface area contributed by atoms with Gasteiger partial charge in [0.2, 0.25) is 5.88 Å². The highest BCUT2D eigenvalue weighted by Gasteiger charge is 2.12. The summed E-state index contributed by atoms with van der Waals surface area (Å²) in [7, 11) is 0. The average Bonchev–Trinajstić information content (AvgIpc) is 2.26. The third kappa shape index (κ3) is 1.82. The number of aromatic amines is 1. The number of hydrogen-bond acceptors (Lipinski definition) is 4. The molecule has 0 saturated carbocycles. The minimum absolute atomic E-state index is 0.0335. The molecular formula is C10H8FN3O3. The first-order chi connectivity index (χ1) is 8.00. The Balaban J connectivity index is 2.81. The van der Waals surface area contributed by atoms with Gasteiger partial charge in [-0.3, -0.25) is 14.8 Å². The van der Waals surface area contributed by atoms with Crippen LogP contribution in [0.3, 0.4) is 0 Å². The van der Waals surface area contributed by atoms with E-state index in [2.05, 4.69) is 4.98 Å². The molecule has 0 saturated heterocycles. The average molecular weight is 237 g/mol. The number of aromatic hydroxyl groups is 1. The van der Waals surface area contributed by atoms with Crippen LogP contribution in [0.4, 0.5) is 4.39 Å². The fourth-order valence-corrected chi connectivity index (χ4v) is 1.37. The number of nitrogens with zero attached hydrogens (tertiary/aromatic N) is 2. The largest absolute Gasteiger partial charge is 0.494 e. The molecule has 0 radical (unpaired) electrons. The Kier molecular flexibility index (Phi) is 2.51. The Morgan fingerprint density at radius 3 is 2.76 bits per heavy atom. The van der Waals surface area contributed by atoms with Gasteiger partial charge in [-0.2, -0.15) is 0 Å². The Morgan fingerprint density at radius 1 is 1.41 bits per heavy atom.